The molecule has 0 saturated carbocycles. The first-order valence-corrected chi connectivity index (χ1v) is 5.71. The molecule has 3 rings (SSSR count). The SMILES string of the molecule is C=C1NC(=O)C(c2ccc3nc[nH]c3c2)S1. The summed E-state index contributed by atoms with van der Waals surface area (Å²) in [6.07, 6.45) is 1.65. The van der Waals surface area contributed by atoms with Crippen LogP contribution in [0.4, 0.5) is 0 Å². The molecule has 0 aliphatic carbocycles. The lowest BCUT2D eigenvalue weighted by Gasteiger charge is -2.05. The molecule has 1 atom stereocenters. The fourth-order valence-electron chi connectivity index (χ4n) is 1.76. The van der Waals surface area contributed by atoms with Gasteiger partial charge in [0.15, 0.2) is 0 Å². The smallest absolute Gasteiger partial charge is 0.242 e. The van der Waals surface area contributed by atoms with Crippen LogP contribution < -0.4 is 5.32 Å². The summed E-state index contributed by atoms with van der Waals surface area (Å²) in [6, 6.07) is 5.80. The first-order chi connectivity index (χ1) is 7.74. The highest BCUT2D eigenvalue weighted by Crippen LogP contribution is 2.38. The summed E-state index contributed by atoms with van der Waals surface area (Å²) in [5.41, 5.74) is 2.83. The summed E-state index contributed by atoms with van der Waals surface area (Å²) in [5, 5.41) is 3.22. The van der Waals surface area contributed by atoms with Crippen LogP contribution in [0.2, 0.25) is 0 Å². The molecule has 0 bridgehead atoms. The first-order valence-electron chi connectivity index (χ1n) is 4.83. The Morgan fingerprint density at radius 1 is 1.44 bits per heavy atom. The van der Waals surface area contributed by atoms with Crippen molar-refractivity contribution in [2.24, 2.45) is 0 Å². The zero-order valence-corrected chi connectivity index (χ0v) is 9.17. The molecule has 5 heteroatoms. The van der Waals surface area contributed by atoms with E-state index in [-0.39, 0.29) is 11.2 Å². The van der Waals surface area contributed by atoms with E-state index in [0.717, 1.165) is 16.6 Å². The van der Waals surface area contributed by atoms with Crippen LogP contribution in [-0.4, -0.2) is 15.9 Å². The number of aromatic nitrogens is 2. The van der Waals surface area contributed by atoms with Crippen LogP contribution >= 0.6 is 11.8 Å². The minimum atomic E-state index is -0.194. The second kappa shape index (κ2) is 3.38. The fourth-order valence-corrected chi connectivity index (χ4v) is 2.66. The van der Waals surface area contributed by atoms with Crippen molar-refractivity contribution in [3.8, 4) is 0 Å². The average molecular weight is 231 g/mol. The van der Waals surface area contributed by atoms with Crippen molar-refractivity contribution >= 4 is 28.7 Å². The molecule has 1 aromatic carbocycles. The number of carbonyl (C=O) groups is 1. The van der Waals surface area contributed by atoms with E-state index in [0.29, 0.717) is 5.03 Å². The van der Waals surface area contributed by atoms with Gasteiger partial charge in [0.25, 0.3) is 0 Å². The van der Waals surface area contributed by atoms with Crippen molar-refractivity contribution in [3.63, 3.8) is 0 Å². The Morgan fingerprint density at radius 3 is 3.06 bits per heavy atom. The monoisotopic (exact) mass is 231 g/mol. The minimum absolute atomic E-state index is 0.00568. The van der Waals surface area contributed by atoms with Crippen molar-refractivity contribution in [1.82, 2.24) is 15.3 Å². The summed E-state index contributed by atoms with van der Waals surface area (Å²) >= 11 is 1.45. The second-order valence-corrected chi connectivity index (χ2v) is 4.79. The van der Waals surface area contributed by atoms with E-state index < -0.39 is 0 Å². The van der Waals surface area contributed by atoms with Crippen LogP contribution in [0.3, 0.4) is 0 Å². The normalized spacial score (nSPS) is 20.4. The summed E-state index contributed by atoms with van der Waals surface area (Å²) in [5.74, 6) is -0.00568. The van der Waals surface area contributed by atoms with Gasteiger partial charge in [-0.1, -0.05) is 24.4 Å². The van der Waals surface area contributed by atoms with Crippen LogP contribution in [0.25, 0.3) is 11.0 Å². The lowest BCUT2D eigenvalue weighted by atomic mass is 10.1. The molecule has 2 aromatic rings. The summed E-state index contributed by atoms with van der Waals surface area (Å²) in [7, 11) is 0. The Hall–Kier alpha value is -1.75. The Kier molecular flexibility index (Phi) is 2.00. The Bertz CT molecular complexity index is 590. The third-order valence-corrected chi connectivity index (χ3v) is 3.62. The van der Waals surface area contributed by atoms with Gasteiger partial charge in [0.05, 0.1) is 22.4 Å². The lowest BCUT2D eigenvalue weighted by Crippen LogP contribution is -2.16. The van der Waals surface area contributed by atoms with Gasteiger partial charge in [-0.2, -0.15) is 0 Å². The molecule has 0 radical (unpaired) electrons. The van der Waals surface area contributed by atoms with Gasteiger partial charge in [-0.3, -0.25) is 4.79 Å². The number of thioether (sulfide) groups is 1. The molecule has 1 aliphatic heterocycles. The highest BCUT2D eigenvalue weighted by Gasteiger charge is 2.29. The zero-order valence-electron chi connectivity index (χ0n) is 8.36. The molecule has 4 nitrogen and oxygen atoms in total. The molecule has 0 spiro atoms. The highest BCUT2D eigenvalue weighted by molar-refractivity contribution is 8.04. The maximum absolute atomic E-state index is 11.6. The van der Waals surface area contributed by atoms with Gasteiger partial charge >= 0.3 is 0 Å². The zero-order chi connectivity index (χ0) is 11.1. The van der Waals surface area contributed by atoms with E-state index in [1.165, 1.54) is 11.8 Å². The number of hydrogen-bond donors (Lipinski definition) is 2. The van der Waals surface area contributed by atoms with E-state index in [9.17, 15) is 4.79 Å². The van der Waals surface area contributed by atoms with Gasteiger partial charge in [0, 0.05) is 0 Å². The molecule has 16 heavy (non-hydrogen) atoms. The number of imidazole rings is 1. The van der Waals surface area contributed by atoms with Crippen molar-refractivity contribution in [1.29, 1.82) is 0 Å². The topological polar surface area (TPSA) is 57.8 Å². The predicted octanol–water partition coefficient (Wildman–Crippen LogP) is 1.94. The molecule has 80 valence electrons. The van der Waals surface area contributed by atoms with Crippen LogP contribution in [0, 0.1) is 0 Å². The Morgan fingerprint density at radius 2 is 2.31 bits per heavy atom. The average Bonchev–Trinajstić information content (AvgIpc) is 2.83. The molecular weight excluding hydrogens is 222 g/mol. The molecule has 1 unspecified atom stereocenters. The van der Waals surface area contributed by atoms with Crippen molar-refractivity contribution in [3.05, 3.63) is 41.7 Å². The number of benzene rings is 1. The molecule has 2 N–H and O–H groups in total. The quantitative estimate of drug-likeness (QED) is 0.788. The molecule has 1 aliphatic rings. The third kappa shape index (κ3) is 1.40. The van der Waals surface area contributed by atoms with Crippen molar-refractivity contribution in [2.45, 2.75) is 5.25 Å². The van der Waals surface area contributed by atoms with E-state index in [1.54, 1.807) is 6.33 Å². The maximum Gasteiger partial charge on any atom is 0.242 e. The number of nitrogens with one attached hydrogen (secondary N) is 2. The third-order valence-electron chi connectivity index (χ3n) is 2.51. The number of fused-ring (bicyclic) bond motifs is 1. The number of aromatic amines is 1. The van der Waals surface area contributed by atoms with Gasteiger partial charge in [-0.25, -0.2) is 4.98 Å². The van der Waals surface area contributed by atoms with Gasteiger partial charge in [0.1, 0.15) is 5.25 Å². The van der Waals surface area contributed by atoms with E-state index in [2.05, 4.69) is 21.9 Å². The van der Waals surface area contributed by atoms with E-state index in [4.69, 9.17) is 0 Å². The number of H-pyrrole nitrogens is 1. The van der Waals surface area contributed by atoms with Crippen LogP contribution in [0.15, 0.2) is 36.1 Å². The number of carbonyl (C=O) groups excluding carboxylic acids is 1. The number of hydrogen-bond acceptors (Lipinski definition) is 3. The predicted molar refractivity (Wildman–Crippen MR) is 63.7 cm³/mol. The Balaban J connectivity index is 2.05. The maximum atomic E-state index is 11.6. The van der Waals surface area contributed by atoms with Crippen LogP contribution in [0.1, 0.15) is 10.8 Å². The second-order valence-electron chi connectivity index (χ2n) is 3.59. The molecule has 2 heterocycles. The summed E-state index contributed by atoms with van der Waals surface area (Å²) in [4.78, 5) is 18.8. The first kappa shape index (κ1) is 9.47. The standard InChI is InChI=1S/C11H9N3OS/c1-6-14-11(15)10(16-6)7-2-3-8-9(4-7)13-5-12-8/h2-5,10H,1H2,(H,12,13)(H,14,15). The number of nitrogens with zero attached hydrogens (tertiary/aromatic N) is 1. The van der Waals surface area contributed by atoms with E-state index in [1.807, 2.05) is 18.2 Å². The summed E-state index contributed by atoms with van der Waals surface area (Å²) in [6.45, 7) is 3.74. The largest absolute Gasteiger partial charge is 0.345 e. The molecule has 1 aromatic heterocycles. The van der Waals surface area contributed by atoms with Gasteiger partial charge in [-0.05, 0) is 17.7 Å². The van der Waals surface area contributed by atoms with Crippen LogP contribution in [-0.2, 0) is 4.79 Å². The number of rotatable bonds is 1. The number of amides is 1. The van der Waals surface area contributed by atoms with Crippen molar-refractivity contribution in [2.75, 3.05) is 0 Å². The van der Waals surface area contributed by atoms with E-state index >= 15 is 0 Å². The Labute approximate surface area is 96.1 Å². The van der Waals surface area contributed by atoms with Crippen molar-refractivity contribution < 1.29 is 4.79 Å². The van der Waals surface area contributed by atoms with Gasteiger partial charge in [-0.15, -0.1) is 0 Å². The molecular formula is C11H9N3OS. The summed E-state index contributed by atoms with van der Waals surface area (Å²) < 4.78 is 0. The molecule has 1 saturated heterocycles. The minimum Gasteiger partial charge on any atom is -0.345 e. The molecule has 1 amide bonds. The highest BCUT2D eigenvalue weighted by atomic mass is 32.2. The molecule has 1 fully saturated rings. The fraction of sp³-hybridized carbons (Fsp3) is 0.0909. The van der Waals surface area contributed by atoms with Gasteiger partial charge in [0.2, 0.25) is 5.91 Å². The van der Waals surface area contributed by atoms with Gasteiger partial charge < -0.3 is 10.3 Å². The van der Waals surface area contributed by atoms with Crippen LogP contribution in [0.5, 0.6) is 0 Å². The lowest BCUT2D eigenvalue weighted by molar-refractivity contribution is -0.119.